The Morgan fingerprint density at radius 1 is 0.423 bits per heavy atom. The zero-order valence-electron chi connectivity index (χ0n) is 18.5. The lowest BCUT2D eigenvalue weighted by Gasteiger charge is -2.17. The van der Waals surface area contributed by atoms with Gasteiger partial charge >= 0.3 is 0 Å². The molecular weight excluding hydrogens is 328 g/mol. The van der Waals surface area contributed by atoms with Crippen molar-refractivity contribution >= 4 is 8.80 Å². The number of rotatable bonds is 17. The maximum Gasteiger partial charge on any atom is 0.0479 e. The highest BCUT2D eigenvalue weighted by Crippen LogP contribution is 2.22. The van der Waals surface area contributed by atoms with E-state index in [4.69, 9.17) is 0 Å². The van der Waals surface area contributed by atoms with Crippen molar-refractivity contribution in [3.63, 3.8) is 0 Å². The molecule has 1 heteroatoms. The Hall–Kier alpha value is 0.217. The second-order valence-electron chi connectivity index (χ2n) is 9.07. The normalized spacial score (nSPS) is 16.5. The molecule has 0 spiro atoms. The van der Waals surface area contributed by atoms with E-state index in [2.05, 4.69) is 6.92 Å². The molecule has 0 aliphatic carbocycles. The highest BCUT2D eigenvalue weighted by molar-refractivity contribution is 6.58. The van der Waals surface area contributed by atoms with Crippen LogP contribution in [0.2, 0.25) is 18.1 Å². The van der Waals surface area contributed by atoms with E-state index in [-0.39, 0.29) is 8.80 Å². The summed E-state index contributed by atoms with van der Waals surface area (Å²) in [5, 5.41) is 0. The van der Waals surface area contributed by atoms with Crippen LogP contribution in [0.1, 0.15) is 142 Å². The Balaban J connectivity index is 1.71. The lowest BCUT2D eigenvalue weighted by molar-refractivity contribution is 0.531. The summed E-state index contributed by atoms with van der Waals surface area (Å²) in [7, 11) is 0.0744. The van der Waals surface area contributed by atoms with Crippen molar-refractivity contribution in [2.45, 2.75) is 160 Å². The third-order valence-electron chi connectivity index (χ3n) is 6.44. The summed E-state index contributed by atoms with van der Waals surface area (Å²) in [6.07, 6.45) is 31.6. The zero-order valence-corrected chi connectivity index (χ0v) is 19.5. The van der Waals surface area contributed by atoms with Gasteiger partial charge in [-0.1, -0.05) is 160 Å². The van der Waals surface area contributed by atoms with E-state index in [1.807, 2.05) is 0 Å². The lowest BCUT2D eigenvalue weighted by Crippen LogP contribution is -2.13. The van der Waals surface area contributed by atoms with Gasteiger partial charge in [0.05, 0.1) is 0 Å². The minimum Gasteiger partial charge on any atom is -0.0654 e. The summed E-state index contributed by atoms with van der Waals surface area (Å²) in [5.41, 5.74) is 0. The van der Waals surface area contributed by atoms with Crippen molar-refractivity contribution in [2.24, 2.45) is 0 Å². The maximum atomic E-state index is 2.31. The molecule has 1 rings (SSSR count). The zero-order chi connectivity index (χ0) is 18.5. The van der Waals surface area contributed by atoms with Gasteiger partial charge in [-0.3, -0.25) is 0 Å². The molecule has 0 atom stereocenters. The van der Waals surface area contributed by atoms with Gasteiger partial charge in [-0.25, -0.2) is 0 Å². The molecular formula is C25H51Si. The molecule has 0 nitrogen and oxygen atoms in total. The highest BCUT2D eigenvalue weighted by Gasteiger charge is 2.12. The molecule has 1 radical (unpaired) electrons. The third-order valence-corrected chi connectivity index (χ3v) is 9.63. The van der Waals surface area contributed by atoms with Crippen molar-refractivity contribution in [1.82, 2.24) is 0 Å². The van der Waals surface area contributed by atoms with Gasteiger partial charge in [-0.15, -0.1) is 0 Å². The van der Waals surface area contributed by atoms with Crippen LogP contribution in [0.15, 0.2) is 0 Å². The summed E-state index contributed by atoms with van der Waals surface area (Å²) in [5.74, 6) is 0. The summed E-state index contributed by atoms with van der Waals surface area (Å²) in [6.45, 7) is 2.31. The SMILES string of the molecule is CCCCCCCCCCCCCCCCCC[Si]1CCCCCCC1. The Morgan fingerprint density at radius 2 is 0.769 bits per heavy atom. The van der Waals surface area contributed by atoms with Crippen molar-refractivity contribution in [2.75, 3.05) is 0 Å². The van der Waals surface area contributed by atoms with Gasteiger partial charge in [0.2, 0.25) is 0 Å². The van der Waals surface area contributed by atoms with Crippen LogP contribution in [0.5, 0.6) is 0 Å². The Bertz CT molecular complexity index is 255. The first kappa shape index (κ1) is 24.3. The molecule has 1 aliphatic heterocycles. The van der Waals surface area contributed by atoms with Crippen LogP contribution in [-0.4, -0.2) is 8.80 Å². The average Bonchev–Trinajstić information content (AvgIpc) is 2.62. The molecule has 0 aromatic heterocycles. The first-order valence-corrected chi connectivity index (χ1v) is 14.9. The monoisotopic (exact) mass is 379 g/mol. The predicted octanol–water partition coefficient (Wildman–Crippen LogP) is 9.71. The minimum atomic E-state index is 0.0744. The van der Waals surface area contributed by atoms with E-state index in [0.29, 0.717) is 0 Å². The van der Waals surface area contributed by atoms with Gasteiger partial charge < -0.3 is 0 Å². The molecule has 1 saturated heterocycles. The fourth-order valence-corrected chi connectivity index (χ4v) is 7.58. The topological polar surface area (TPSA) is 0 Å². The van der Waals surface area contributed by atoms with E-state index in [1.54, 1.807) is 37.4 Å². The summed E-state index contributed by atoms with van der Waals surface area (Å²) in [6, 6.07) is 4.93. The molecule has 1 fully saturated rings. The second-order valence-corrected chi connectivity index (χ2v) is 12.1. The molecule has 0 N–H and O–H groups in total. The highest BCUT2D eigenvalue weighted by atomic mass is 28.3. The molecule has 0 aromatic carbocycles. The maximum absolute atomic E-state index is 2.31. The fraction of sp³-hybridized carbons (Fsp3) is 1.00. The van der Waals surface area contributed by atoms with Crippen molar-refractivity contribution in [1.29, 1.82) is 0 Å². The van der Waals surface area contributed by atoms with Crippen molar-refractivity contribution < 1.29 is 0 Å². The average molecular weight is 380 g/mol. The van der Waals surface area contributed by atoms with Gasteiger partial charge in [0.25, 0.3) is 0 Å². The van der Waals surface area contributed by atoms with Gasteiger partial charge in [0, 0.05) is 8.80 Å². The Kier molecular flexibility index (Phi) is 18.6. The van der Waals surface area contributed by atoms with Crippen LogP contribution in [-0.2, 0) is 0 Å². The first-order valence-electron chi connectivity index (χ1n) is 12.8. The summed E-state index contributed by atoms with van der Waals surface area (Å²) in [4.78, 5) is 0. The fourth-order valence-electron chi connectivity index (χ4n) is 4.58. The lowest BCUT2D eigenvalue weighted by atomic mass is 10.0. The molecule has 0 aromatic rings. The first-order chi connectivity index (χ1) is 12.9. The van der Waals surface area contributed by atoms with Crippen LogP contribution in [0.25, 0.3) is 0 Å². The van der Waals surface area contributed by atoms with E-state index in [1.165, 1.54) is 116 Å². The van der Waals surface area contributed by atoms with Crippen molar-refractivity contribution in [3.8, 4) is 0 Å². The van der Waals surface area contributed by atoms with Gasteiger partial charge in [-0.2, -0.15) is 0 Å². The van der Waals surface area contributed by atoms with Crippen molar-refractivity contribution in [3.05, 3.63) is 0 Å². The number of hydrogen-bond donors (Lipinski definition) is 0. The molecule has 0 unspecified atom stereocenters. The molecule has 1 heterocycles. The Morgan fingerprint density at radius 3 is 1.19 bits per heavy atom. The smallest absolute Gasteiger partial charge is 0.0479 e. The standard InChI is InChI=1S/C25H51Si/c1-2-3-4-5-6-7-8-9-10-11-12-13-14-15-17-20-23-26-24-21-18-16-19-22-25-26/h2-25H2,1H3. The number of hydrogen-bond acceptors (Lipinski definition) is 0. The molecule has 0 saturated carbocycles. The van der Waals surface area contributed by atoms with Crippen LogP contribution >= 0.6 is 0 Å². The van der Waals surface area contributed by atoms with Gasteiger partial charge in [0.15, 0.2) is 0 Å². The van der Waals surface area contributed by atoms with E-state index in [9.17, 15) is 0 Å². The molecule has 0 bridgehead atoms. The van der Waals surface area contributed by atoms with Crippen LogP contribution in [0, 0.1) is 0 Å². The second kappa shape index (κ2) is 20.0. The van der Waals surface area contributed by atoms with Gasteiger partial charge in [0.1, 0.15) is 0 Å². The van der Waals surface area contributed by atoms with Gasteiger partial charge in [-0.05, 0) is 0 Å². The van der Waals surface area contributed by atoms with Crippen LogP contribution in [0.3, 0.4) is 0 Å². The molecule has 155 valence electrons. The molecule has 1 aliphatic rings. The van der Waals surface area contributed by atoms with E-state index < -0.39 is 0 Å². The van der Waals surface area contributed by atoms with Crippen LogP contribution in [0.4, 0.5) is 0 Å². The summed E-state index contributed by atoms with van der Waals surface area (Å²) < 4.78 is 0. The van der Waals surface area contributed by atoms with E-state index in [0.717, 1.165) is 0 Å². The Labute approximate surface area is 168 Å². The van der Waals surface area contributed by atoms with E-state index >= 15 is 0 Å². The van der Waals surface area contributed by atoms with Crippen LogP contribution < -0.4 is 0 Å². The predicted molar refractivity (Wildman–Crippen MR) is 123 cm³/mol. The quantitative estimate of drug-likeness (QED) is 0.174. The molecule has 0 amide bonds. The summed E-state index contributed by atoms with van der Waals surface area (Å²) >= 11 is 0. The minimum absolute atomic E-state index is 0.0744. The third kappa shape index (κ3) is 16.4. The largest absolute Gasteiger partial charge is 0.0654 e. The molecule has 26 heavy (non-hydrogen) atoms. The number of unbranched alkanes of at least 4 members (excludes halogenated alkanes) is 15.